The van der Waals surface area contributed by atoms with E-state index in [-0.39, 0.29) is 37.7 Å². The highest BCUT2D eigenvalue weighted by Crippen LogP contribution is 2.39. The van der Waals surface area contributed by atoms with Crippen molar-refractivity contribution in [1.29, 1.82) is 0 Å². The molecule has 0 saturated heterocycles. The third-order valence-electron chi connectivity index (χ3n) is 3.16. The molecular weight excluding hydrogens is 245 g/mol. The first-order valence-corrected chi connectivity index (χ1v) is 5.90. The molecule has 0 radical (unpaired) electrons. The first-order valence-electron chi connectivity index (χ1n) is 5.90. The summed E-state index contributed by atoms with van der Waals surface area (Å²) in [6.45, 7) is -0.142. The molecule has 18 heavy (non-hydrogen) atoms. The fourth-order valence-corrected chi connectivity index (χ4v) is 2.15. The standard InChI is InChI=1S/C13H15F3O2/c14-11-5-9(7-17)1-2-12(11)18-8-10-3-4-13(15,16)6-10/h1-2,5,10,17H,3-4,6-8H2. The summed E-state index contributed by atoms with van der Waals surface area (Å²) in [7, 11) is 0. The predicted octanol–water partition coefficient (Wildman–Crippen LogP) is 3.13. The summed E-state index contributed by atoms with van der Waals surface area (Å²) in [6, 6.07) is 4.13. The number of halogens is 3. The van der Waals surface area contributed by atoms with Crippen LogP contribution in [0.5, 0.6) is 5.75 Å². The molecule has 0 aromatic heterocycles. The third kappa shape index (κ3) is 3.16. The molecule has 1 aliphatic carbocycles. The summed E-state index contributed by atoms with van der Waals surface area (Å²) in [5, 5.41) is 8.82. The Bertz CT molecular complexity index is 421. The first kappa shape index (κ1) is 13.2. The van der Waals surface area contributed by atoms with Crippen molar-refractivity contribution in [2.75, 3.05) is 6.61 Å². The van der Waals surface area contributed by atoms with Gasteiger partial charge < -0.3 is 9.84 Å². The maximum absolute atomic E-state index is 13.5. The number of aliphatic hydroxyl groups is 1. The van der Waals surface area contributed by atoms with Gasteiger partial charge >= 0.3 is 0 Å². The van der Waals surface area contributed by atoms with E-state index < -0.39 is 11.7 Å². The average molecular weight is 260 g/mol. The van der Waals surface area contributed by atoms with E-state index >= 15 is 0 Å². The zero-order valence-electron chi connectivity index (χ0n) is 9.83. The van der Waals surface area contributed by atoms with Crippen molar-refractivity contribution >= 4 is 0 Å². The van der Waals surface area contributed by atoms with Gasteiger partial charge in [-0.25, -0.2) is 13.2 Å². The van der Waals surface area contributed by atoms with Gasteiger partial charge in [0.2, 0.25) is 5.92 Å². The maximum Gasteiger partial charge on any atom is 0.248 e. The fourth-order valence-electron chi connectivity index (χ4n) is 2.15. The monoisotopic (exact) mass is 260 g/mol. The second kappa shape index (κ2) is 5.18. The summed E-state index contributed by atoms with van der Waals surface area (Å²) in [6.07, 6.45) is 0.0969. The number of rotatable bonds is 4. The number of ether oxygens (including phenoxy) is 1. The van der Waals surface area contributed by atoms with E-state index in [9.17, 15) is 13.2 Å². The average Bonchev–Trinajstić information content (AvgIpc) is 2.67. The lowest BCUT2D eigenvalue weighted by atomic mass is 10.1. The Balaban J connectivity index is 1.91. The Labute approximate surface area is 103 Å². The molecule has 1 aromatic rings. The lowest BCUT2D eigenvalue weighted by Gasteiger charge is -2.13. The summed E-state index contributed by atoms with van der Waals surface area (Å²) in [4.78, 5) is 0. The second-order valence-electron chi connectivity index (χ2n) is 4.70. The molecule has 1 N–H and O–H groups in total. The van der Waals surface area contributed by atoms with Crippen LogP contribution in [0, 0.1) is 11.7 Å². The molecule has 1 atom stereocenters. The largest absolute Gasteiger partial charge is 0.490 e. The van der Waals surface area contributed by atoms with Gasteiger partial charge in [-0.3, -0.25) is 0 Å². The molecule has 0 bridgehead atoms. The van der Waals surface area contributed by atoms with Gasteiger partial charge in [0.25, 0.3) is 0 Å². The number of benzene rings is 1. The molecule has 0 spiro atoms. The topological polar surface area (TPSA) is 29.5 Å². The second-order valence-corrected chi connectivity index (χ2v) is 4.70. The lowest BCUT2D eigenvalue weighted by Crippen LogP contribution is -2.14. The Hall–Kier alpha value is -1.23. The zero-order chi connectivity index (χ0) is 13.2. The van der Waals surface area contributed by atoms with E-state index in [1.165, 1.54) is 12.1 Å². The van der Waals surface area contributed by atoms with Crippen LogP contribution in [0.25, 0.3) is 0 Å². The van der Waals surface area contributed by atoms with Crippen molar-refractivity contribution in [1.82, 2.24) is 0 Å². The summed E-state index contributed by atoms with van der Waals surface area (Å²) in [5.74, 6) is -3.36. The lowest BCUT2D eigenvalue weighted by molar-refractivity contribution is 0.00286. The minimum absolute atomic E-state index is 0.0439. The molecule has 2 nitrogen and oxygen atoms in total. The van der Waals surface area contributed by atoms with Gasteiger partial charge in [-0.15, -0.1) is 0 Å². The van der Waals surface area contributed by atoms with Gasteiger partial charge in [0, 0.05) is 12.8 Å². The van der Waals surface area contributed by atoms with Crippen LogP contribution in [0.4, 0.5) is 13.2 Å². The maximum atomic E-state index is 13.5. The number of aliphatic hydroxyl groups excluding tert-OH is 1. The van der Waals surface area contributed by atoms with Gasteiger partial charge in [-0.1, -0.05) is 6.07 Å². The molecule has 1 unspecified atom stereocenters. The van der Waals surface area contributed by atoms with Crippen molar-refractivity contribution in [2.45, 2.75) is 31.8 Å². The minimum atomic E-state index is -2.60. The van der Waals surface area contributed by atoms with Gasteiger partial charge in [0.1, 0.15) is 0 Å². The number of hydrogen-bond acceptors (Lipinski definition) is 2. The molecule has 5 heteroatoms. The molecule has 1 aromatic carbocycles. The van der Waals surface area contributed by atoms with Gasteiger partial charge in [0.15, 0.2) is 11.6 Å². The van der Waals surface area contributed by atoms with Gasteiger partial charge in [-0.05, 0) is 30.0 Å². The van der Waals surface area contributed by atoms with Crippen LogP contribution < -0.4 is 4.74 Å². The van der Waals surface area contributed by atoms with Crippen molar-refractivity contribution in [2.24, 2.45) is 5.92 Å². The Kier molecular flexibility index (Phi) is 3.80. The van der Waals surface area contributed by atoms with E-state index in [0.717, 1.165) is 0 Å². The van der Waals surface area contributed by atoms with Crippen LogP contribution in [0.3, 0.4) is 0 Å². The van der Waals surface area contributed by atoms with Crippen LogP contribution >= 0.6 is 0 Å². The highest BCUT2D eigenvalue weighted by Gasteiger charge is 2.39. The quantitative estimate of drug-likeness (QED) is 0.901. The van der Waals surface area contributed by atoms with Crippen LogP contribution in [0.1, 0.15) is 24.8 Å². The van der Waals surface area contributed by atoms with E-state index in [1.807, 2.05) is 0 Å². The molecular formula is C13H15F3O2. The van der Waals surface area contributed by atoms with Gasteiger partial charge in [-0.2, -0.15) is 0 Å². The first-order chi connectivity index (χ1) is 8.50. The molecule has 1 aliphatic rings. The summed E-state index contributed by atoms with van der Waals surface area (Å²) < 4.78 is 44.6. The van der Waals surface area contributed by atoms with E-state index in [0.29, 0.717) is 12.0 Å². The molecule has 0 aliphatic heterocycles. The fraction of sp³-hybridized carbons (Fsp3) is 0.538. The third-order valence-corrected chi connectivity index (χ3v) is 3.16. The molecule has 2 rings (SSSR count). The zero-order valence-corrected chi connectivity index (χ0v) is 9.83. The highest BCUT2D eigenvalue weighted by molar-refractivity contribution is 5.29. The van der Waals surface area contributed by atoms with Crippen LogP contribution in [-0.4, -0.2) is 17.6 Å². The van der Waals surface area contributed by atoms with Crippen LogP contribution in [-0.2, 0) is 6.61 Å². The Morgan fingerprint density at radius 3 is 2.72 bits per heavy atom. The molecule has 1 saturated carbocycles. The SMILES string of the molecule is OCc1ccc(OCC2CCC(F)(F)C2)c(F)c1. The Morgan fingerprint density at radius 2 is 2.17 bits per heavy atom. The molecule has 1 fully saturated rings. The van der Waals surface area contributed by atoms with Crippen molar-refractivity contribution in [3.8, 4) is 5.75 Å². The summed E-state index contributed by atoms with van der Waals surface area (Å²) in [5.41, 5.74) is 0.451. The van der Waals surface area contributed by atoms with Crippen molar-refractivity contribution in [3.63, 3.8) is 0 Å². The van der Waals surface area contributed by atoms with Gasteiger partial charge in [0.05, 0.1) is 13.2 Å². The van der Waals surface area contributed by atoms with Crippen molar-refractivity contribution in [3.05, 3.63) is 29.6 Å². The molecule has 0 heterocycles. The number of alkyl halides is 2. The highest BCUT2D eigenvalue weighted by atomic mass is 19.3. The predicted molar refractivity (Wildman–Crippen MR) is 60.1 cm³/mol. The smallest absolute Gasteiger partial charge is 0.248 e. The van der Waals surface area contributed by atoms with E-state index in [1.54, 1.807) is 6.07 Å². The van der Waals surface area contributed by atoms with Crippen molar-refractivity contribution < 1.29 is 23.0 Å². The minimum Gasteiger partial charge on any atom is -0.490 e. The number of hydrogen-bond donors (Lipinski definition) is 1. The van der Waals surface area contributed by atoms with E-state index in [2.05, 4.69) is 0 Å². The Morgan fingerprint density at radius 1 is 1.39 bits per heavy atom. The molecule has 0 amide bonds. The normalized spacial score (nSPS) is 22.1. The van der Waals surface area contributed by atoms with Crippen LogP contribution in [0.2, 0.25) is 0 Å². The molecule has 100 valence electrons. The summed E-state index contributed by atoms with van der Waals surface area (Å²) >= 11 is 0. The van der Waals surface area contributed by atoms with Crippen LogP contribution in [0.15, 0.2) is 18.2 Å². The van der Waals surface area contributed by atoms with E-state index in [4.69, 9.17) is 9.84 Å².